The van der Waals surface area contributed by atoms with E-state index in [1.54, 1.807) is 12.1 Å². The number of ether oxygens (including phenoxy) is 3. The first-order chi connectivity index (χ1) is 24.6. The van der Waals surface area contributed by atoms with Gasteiger partial charge in [0, 0.05) is 6.42 Å². The van der Waals surface area contributed by atoms with E-state index in [9.17, 15) is 19.5 Å². The van der Waals surface area contributed by atoms with E-state index in [1.807, 2.05) is 55.4 Å². The SMILES string of the molecule is CCC(C)(C)C(=O)OC1(C)C2CC3CC(C2)CC1C3.CCC(C)(C)C(=O)OC12CC3CC(CC(O)(C3)C1)C2.CCC(C)(C)C(=O)Oc1ccc(O)cc1. The second kappa shape index (κ2) is 15.1. The van der Waals surface area contributed by atoms with Gasteiger partial charge in [0.2, 0.25) is 0 Å². The number of rotatable bonds is 9. The fraction of sp³-hybridized carbons (Fsp3) is 0.800. The second-order valence-corrected chi connectivity index (χ2v) is 20.2. The van der Waals surface area contributed by atoms with Crippen LogP contribution < -0.4 is 4.74 Å². The molecule has 8 bridgehead atoms. The van der Waals surface area contributed by atoms with E-state index in [0.29, 0.717) is 35.8 Å². The quantitative estimate of drug-likeness (QED) is 0.190. The third-order valence-electron chi connectivity index (χ3n) is 14.7. The first kappa shape index (κ1) is 41.6. The molecule has 0 aliphatic heterocycles. The lowest BCUT2D eigenvalue weighted by Gasteiger charge is -2.59. The Labute approximate surface area is 319 Å². The van der Waals surface area contributed by atoms with E-state index in [1.165, 1.54) is 50.7 Å². The zero-order valence-electron chi connectivity index (χ0n) is 34.5. The molecule has 53 heavy (non-hydrogen) atoms. The van der Waals surface area contributed by atoms with Gasteiger partial charge < -0.3 is 24.4 Å². The summed E-state index contributed by atoms with van der Waals surface area (Å²) in [6.07, 6.45) is 14.6. The number of benzene rings is 1. The smallest absolute Gasteiger partial charge is 0.316 e. The normalized spacial score (nSPS) is 35.0. The minimum atomic E-state index is -0.555. The number of phenolic OH excluding ortho intramolecular Hbond substituents is 1. The van der Waals surface area contributed by atoms with Gasteiger partial charge in [-0.3, -0.25) is 14.4 Å². The van der Waals surface area contributed by atoms with E-state index in [2.05, 4.69) is 13.8 Å². The molecule has 8 fully saturated rings. The number of aliphatic hydroxyl groups is 1. The van der Waals surface area contributed by atoms with Gasteiger partial charge in [-0.1, -0.05) is 20.8 Å². The van der Waals surface area contributed by atoms with Crippen LogP contribution in [0.5, 0.6) is 11.5 Å². The Bertz CT molecular complexity index is 1430. The summed E-state index contributed by atoms with van der Waals surface area (Å²) in [5.41, 5.74) is -2.30. The lowest BCUT2D eigenvalue weighted by Crippen LogP contribution is -2.61. The third kappa shape index (κ3) is 9.10. The fourth-order valence-corrected chi connectivity index (χ4v) is 10.4. The van der Waals surface area contributed by atoms with Gasteiger partial charge in [-0.05, 0) is 192 Å². The zero-order valence-corrected chi connectivity index (χ0v) is 34.5. The lowest BCUT2D eigenvalue weighted by atomic mass is 9.50. The number of esters is 3. The number of carbonyl (C=O) groups excluding carboxylic acids is 3. The van der Waals surface area contributed by atoms with Gasteiger partial charge in [-0.15, -0.1) is 0 Å². The second-order valence-electron chi connectivity index (χ2n) is 20.2. The van der Waals surface area contributed by atoms with Crippen LogP contribution in [0.3, 0.4) is 0 Å². The van der Waals surface area contributed by atoms with Gasteiger partial charge in [0.1, 0.15) is 22.7 Å². The molecule has 8 heteroatoms. The molecule has 1 aromatic carbocycles. The Hall–Kier alpha value is -2.61. The van der Waals surface area contributed by atoms with E-state index >= 15 is 0 Å². The molecular formula is C45H70O8. The first-order valence-electron chi connectivity index (χ1n) is 20.8. The average Bonchev–Trinajstić information content (AvgIpc) is 3.07. The van der Waals surface area contributed by atoms with Crippen molar-refractivity contribution in [2.75, 3.05) is 0 Å². The lowest BCUT2D eigenvalue weighted by molar-refractivity contribution is -0.225. The van der Waals surface area contributed by atoms with Gasteiger partial charge in [-0.2, -0.15) is 0 Å². The van der Waals surface area contributed by atoms with Crippen LogP contribution in [0, 0.1) is 51.8 Å². The molecular weight excluding hydrogens is 668 g/mol. The molecule has 0 spiro atoms. The molecule has 0 saturated heterocycles. The molecule has 1 aromatic rings. The van der Waals surface area contributed by atoms with Crippen LogP contribution in [-0.2, 0) is 23.9 Å². The van der Waals surface area contributed by atoms with Crippen LogP contribution in [0.15, 0.2) is 24.3 Å². The summed E-state index contributed by atoms with van der Waals surface area (Å²) < 4.78 is 17.3. The molecule has 0 heterocycles. The van der Waals surface area contributed by atoms with Gasteiger partial charge in [0.15, 0.2) is 0 Å². The summed E-state index contributed by atoms with van der Waals surface area (Å²) in [4.78, 5) is 36.5. The van der Waals surface area contributed by atoms with Crippen molar-refractivity contribution in [3.8, 4) is 11.5 Å². The molecule has 2 unspecified atom stereocenters. The Morgan fingerprint density at radius 2 is 1.06 bits per heavy atom. The molecule has 9 rings (SSSR count). The predicted molar refractivity (Wildman–Crippen MR) is 206 cm³/mol. The van der Waals surface area contributed by atoms with E-state index in [4.69, 9.17) is 19.3 Å². The maximum atomic E-state index is 12.5. The van der Waals surface area contributed by atoms with Gasteiger partial charge in [0.25, 0.3) is 0 Å². The van der Waals surface area contributed by atoms with Crippen LogP contribution in [0.2, 0.25) is 0 Å². The molecule has 8 aliphatic rings. The van der Waals surface area contributed by atoms with Crippen molar-refractivity contribution < 1.29 is 38.8 Å². The highest BCUT2D eigenvalue weighted by molar-refractivity contribution is 5.78. The number of carbonyl (C=O) groups is 3. The van der Waals surface area contributed by atoms with Crippen molar-refractivity contribution in [2.24, 2.45) is 51.8 Å². The van der Waals surface area contributed by atoms with Crippen molar-refractivity contribution >= 4 is 17.9 Å². The van der Waals surface area contributed by atoms with Crippen LogP contribution in [-0.4, -0.2) is 44.9 Å². The van der Waals surface area contributed by atoms with Gasteiger partial charge in [-0.25, -0.2) is 0 Å². The predicted octanol–water partition coefficient (Wildman–Crippen LogP) is 9.96. The number of hydrogen-bond acceptors (Lipinski definition) is 8. The third-order valence-corrected chi connectivity index (χ3v) is 14.7. The largest absolute Gasteiger partial charge is 0.508 e. The van der Waals surface area contributed by atoms with Crippen molar-refractivity contribution in [3.05, 3.63) is 24.3 Å². The molecule has 2 atom stereocenters. The summed E-state index contributed by atoms with van der Waals surface area (Å²) in [5.74, 6) is 4.51. The van der Waals surface area contributed by atoms with Crippen molar-refractivity contribution in [3.63, 3.8) is 0 Å². The summed E-state index contributed by atoms with van der Waals surface area (Å²) in [6.45, 7) is 19.9. The Morgan fingerprint density at radius 1 is 0.642 bits per heavy atom. The molecule has 8 nitrogen and oxygen atoms in total. The number of hydrogen-bond donors (Lipinski definition) is 2. The maximum absolute atomic E-state index is 12.5. The Balaban J connectivity index is 0.000000155. The highest BCUT2D eigenvalue weighted by Gasteiger charge is 2.60. The summed E-state index contributed by atoms with van der Waals surface area (Å²) in [6, 6.07) is 6.11. The number of aromatic hydroxyl groups is 1. The Kier molecular flexibility index (Phi) is 11.9. The van der Waals surface area contributed by atoms with Gasteiger partial charge >= 0.3 is 17.9 Å². The molecule has 2 N–H and O–H groups in total. The molecule has 298 valence electrons. The van der Waals surface area contributed by atoms with E-state index < -0.39 is 16.4 Å². The average molecular weight is 739 g/mol. The van der Waals surface area contributed by atoms with E-state index in [0.717, 1.165) is 56.8 Å². The van der Waals surface area contributed by atoms with Crippen LogP contribution in [0.4, 0.5) is 0 Å². The highest BCUT2D eigenvalue weighted by atomic mass is 16.6. The summed E-state index contributed by atoms with van der Waals surface area (Å²) >= 11 is 0. The van der Waals surface area contributed by atoms with Crippen LogP contribution in [0.25, 0.3) is 0 Å². The van der Waals surface area contributed by atoms with Crippen molar-refractivity contribution in [2.45, 2.75) is 176 Å². The highest BCUT2D eigenvalue weighted by Crippen LogP contribution is 2.60. The van der Waals surface area contributed by atoms with Crippen LogP contribution in [0.1, 0.15) is 159 Å². The Morgan fingerprint density at radius 3 is 1.49 bits per heavy atom. The van der Waals surface area contributed by atoms with Crippen molar-refractivity contribution in [1.82, 2.24) is 0 Å². The maximum Gasteiger partial charge on any atom is 0.316 e. The minimum absolute atomic E-state index is 0.0185. The summed E-state index contributed by atoms with van der Waals surface area (Å²) in [7, 11) is 0. The van der Waals surface area contributed by atoms with Crippen LogP contribution >= 0.6 is 0 Å². The zero-order chi connectivity index (χ0) is 39.2. The molecule has 0 radical (unpaired) electrons. The minimum Gasteiger partial charge on any atom is -0.508 e. The molecule has 8 saturated carbocycles. The fourth-order valence-electron chi connectivity index (χ4n) is 10.4. The number of phenols is 1. The first-order valence-corrected chi connectivity index (χ1v) is 20.8. The van der Waals surface area contributed by atoms with Crippen molar-refractivity contribution in [1.29, 1.82) is 0 Å². The topological polar surface area (TPSA) is 119 Å². The van der Waals surface area contributed by atoms with Gasteiger partial charge in [0.05, 0.1) is 21.8 Å². The standard InChI is InChI=1S/C17H28O2.C16H26O3.C12H16O3/c1-5-16(2,3)15(18)19-17(4)13-7-11-6-12(9-13)10-14(17)8-11;1-4-14(2,3)13(17)19-16-8-11-5-12(9-16)7-15(18,6-11)10-16;1-4-12(2,3)11(14)15-10-7-5-9(13)6-8-10/h11-14H,5-10H2,1-4H3;11-12,18H,4-10H2,1-3H3;5-8,13H,4H2,1-3H3. The molecule has 0 amide bonds. The van der Waals surface area contributed by atoms with E-state index in [-0.39, 0.29) is 40.3 Å². The monoisotopic (exact) mass is 739 g/mol. The molecule has 8 aliphatic carbocycles. The summed E-state index contributed by atoms with van der Waals surface area (Å²) in [5, 5.41) is 19.7. The molecule has 0 aromatic heterocycles.